The average Bonchev–Trinajstić information content (AvgIpc) is 2.88. The first-order chi connectivity index (χ1) is 8.72. The molecular weight excluding hydrogens is 254 g/mol. The normalized spacial score (nSPS) is 9.72. The maximum atomic E-state index is 10.9. The van der Waals surface area contributed by atoms with Crippen LogP contribution < -0.4 is 5.32 Å². The summed E-state index contributed by atoms with van der Waals surface area (Å²) in [5, 5.41) is 22.6. The Hall–Kier alpha value is -2.53. The molecule has 0 radical (unpaired) electrons. The first kappa shape index (κ1) is 11.9. The van der Waals surface area contributed by atoms with Crippen LogP contribution in [0.15, 0.2) is 24.0 Å². The molecule has 0 atom stereocenters. The topological polar surface area (TPSA) is 105 Å². The fraction of sp³-hybridized carbons (Fsp3) is 0.100. The smallest absolute Gasteiger partial charge is 0.328 e. The predicted molar refractivity (Wildman–Crippen MR) is 65.0 cm³/mol. The van der Waals surface area contributed by atoms with E-state index in [0.717, 1.165) is 4.88 Å². The van der Waals surface area contributed by atoms with Gasteiger partial charge in [-0.2, -0.15) is 5.26 Å². The number of nitro groups is 1. The lowest BCUT2D eigenvalue weighted by atomic mass is 10.2. The number of hydrogen-bond acceptors (Lipinski definition) is 7. The standard InChI is InChI=1S/C10H7N5O2S/c11-3-7-1-2-13-10(9(7)15(16)17)14-5-8-4-12-6-18-8/h1-2,4,6H,5H2,(H,13,14). The largest absolute Gasteiger partial charge is 0.359 e. The number of thiazole rings is 1. The van der Waals surface area contributed by atoms with Gasteiger partial charge in [-0.1, -0.05) is 0 Å². The molecule has 2 rings (SSSR count). The van der Waals surface area contributed by atoms with Gasteiger partial charge in [-0.15, -0.1) is 11.3 Å². The van der Waals surface area contributed by atoms with Crippen molar-refractivity contribution in [3.05, 3.63) is 44.5 Å². The number of rotatable bonds is 4. The maximum Gasteiger partial charge on any atom is 0.328 e. The summed E-state index contributed by atoms with van der Waals surface area (Å²) in [6.07, 6.45) is 3.03. The van der Waals surface area contributed by atoms with Crippen molar-refractivity contribution in [1.29, 1.82) is 5.26 Å². The van der Waals surface area contributed by atoms with Crippen molar-refractivity contribution >= 4 is 22.8 Å². The number of nitrogens with zero attached hydrogens (tertiary/aromatic N) is 4. The van der Waals surface area contributed by atoms with Crippen LogP contribution in [0.5, 0.6) is 0 Å². The molecule has 0 aromatic carbocycles. The maximum absolute atomic E-state index is 10.9. The number of hydrogen-bond donors (Lipinski definition) is 1. The minimum Gasteiger partial charge on any atom is -0.359 e. The number of nitrogens with one attached hydrogen (secondary N) is 1. The van der Waals surface area contributed by atoms with Gasteiger partial charge in [-0.25, -0.2) is 4.98 Å². The quantitative estimate of drug-likeness (QED) is 0.666. The highest BCUT2D eigenvalue weighted by atomic mass is 32.1. The molecule has 2 heterocycles. The molecule has 0 bridgehead atoms. The second-order valence-corrected chi connectivity index (χ2v) is 4.22. The molecule has 0 amide bonds. The van der Waals surface area contributed by atoms with Gasteiger partial charge in [0.15, 0.2) is 0 Å². The summed E-state index contributed by atoms with van der Waals surface area (Å²) in [4.78, 5) is 19.0. The molecule has 90 valence electrons. The van der Waals surface area contributed by atoms with Crippen LogP contribution in [-0.2, 0) is 6.54 Å². The van der Waals surface area contributed by atoms with Crippen molar-refractivity contribution in [2.75, 3.05) is 5.32 Å². The van der Waals surface area contributed by atoms with E-state index in [1.165, 1.54) is 23.6 Å². The molecule has 18 heavy (non-hydrogen) atoms. The SMILES string of the molecule is N#Cc1ccnc(NCc2cncs2)c1[N+](=O)[O-]. The summed E-state index contributed by atoms with van der Waals surface area (Å²) in [6, 6.07) is 3.09. The third-order valence-corrected chi connectivity index (χ3v) is 2.92. The highest BCUT2D eigenvalue weighted by molar-refractivity contribution is 7.09. The zero-order chi connectivity index (χ0) is 13.0. The van der Waals surface area contributed by atoms with E-state index in [9.17, 15) is 10.1 Å². The van der Waals surface area contributed by atoms with Crippen molar-refractivity contribution in [3.8, 4) is 6.07 Å². The van der Waals surface area contributed by atoms with E-state index in [4.69, 9.17) is 5.26 Å². The second-order valence-electron chi connectivity index (χ2n) is 3.25. The lowest BCUT2D eigenvalue weighted by Crippen LogP contribution is -2.05. The molecule has 2 aromatic heterocycles. The third kappa shape index (κ3) is 2.41. The van der Waals surface area contributed by atoms with Crippen LogP contribution in [0.25, 0.3) is 0 Å². The minimum absolute atomic E-state index is 0.0122. The number of anilines is 1. The molecule has 0 saturated heterocycles. The Morgan fingerprint density at radius 3 is 3.06 bits per heavy atom. The average molecular weight is 261 g/mol. The summed E-state index contributed by atoms with van der Waals surface area (Å²) in [5.41, 5.74) is 1.36. The van der Waals surface area contributed by atoms with Crippen LogP contribution in [0.3, 0.4) is 0 Å². The lowest BCUT2D eigenvalue weighted by molar-refractivity contribution is -0.384. The highest BCUT2D eigenvalue weighted by Gasteiger charge is 2.20. The van der Waals surface area contributed by atoms with Crippen LogP contribution in [0.4, 0.5) is 11.5 Å². The zero-order valence-corrected chi connectivity index (χ0v) is 9.85. The Balaban J connectivity index is 2.27. The first-order valence-electron chi connectivity index (χ1n) is 4.87. The Morgan fingerprint density at radius 2 is 2.44 bits per heavy atom. The molecule has 8 heteroatoms. The van der Waals surface area contributed by atoms with Crippen LogP contribution >= 0.6 is 11.3 Å². The Bertz CT molecular complexity index is 605. The Morgan fingerprint density at radius 1 is 1.61 bits per heavy atom. The van der Waals surface area contributed by atoms with Gasteiger partial charge in [-0.05, 0) is 6.07 Å². The molecule has 7 nitrogen and oxygen atoms in total. The summed E-state index contributed by atoms with van der Waals surface area (Å²) >= 11 is 1.43. The summed E-state index contributed by atoms with van der Waals surface area (Å²) in [5.74, 6) is 0.0902. The van der Waals surface area contributed by atoms with Gasteiger partial charge in [0.05, 0.1) is 17.0 Å². The predicted octanol–water partition coefficient (Wildman–Crippen LogP) is 1.93. The van der Waals surface area contributed by atoms with Crippen LogP contribution in [0.1, 0.15) is 10.4 Å². The third-order valence-electron chi connectivity index (χ3n) is 2.14. The molecule has 0 spiro atoms. The number of nitriles is 1. The van der Waals surface area contributed by atoms with Gasteiger partial charge < -0.3 is 5.32 Å². The van der Waals surface area contributed by atoms with E-state index in [2.05, 4.69) is 15.3 Å². The summed E-state index contributed by atoms with van der Waals surface area (Å²) in [7, 11) is 0. The van der Waals surface area contributed by atoms with Gasteiger partial charge in [0, 0.05) is 17.3 Å². The van der Waals surface area contributed by atoms with Crippen molar-refractivity contribution < 1.29 is 4.92 Å². The van der Waals surface area contributed by atoms with E-state index in [-0.39, 0.29) is 17.1 Å². The molecule has 0 aliphatic rings. The minimum atomic E-state index is -0.611. The molecule has 0 fully saturated rings. The van der Waals surface area contributed by atoms with E-state index in [1.807, 2.05) is 0 Å². The van der Waals surface area contributed by atoms with Gasteiger partial charge in [0.1, 0.15) is 11.6 Å². The van der Waals surface area contributed by atoms with Crippen molar-refractivity contribution in [2.24, 2.45) is 0 Å². The fourth-order valence-electron chi connectivity index (χ4n) is 1.36. The van der Waals surface area contributed by atoms with E-state index >= 15 is 0 Å². The van der Waals surface area contributed by atoms with Crippen molar-refractivity contribution in [3.63, 3.8) is 0 Å². The van der Waals surface area contributed by atoms with Crippen molar-refractivity contribution in [1.82, 2.24) is 9.97 Å². The van der Waals surface area contributed by atoms with Gasteiger partial charge >= 0.3 is 5.69 Å². The Kier molecular flexibility index (Phi) is 3.45. The highest BCUT2D eigenvalue weighted by Crippen LogP contribution is 2.26. The van der Waals surface area contributed by atoms with Crippen LogP contribution in [-0.4, -0.2) is 14.9 Å². The number of pyridine rings is 1. The van der Waals surface area contributed by atoms with E-state index in [0.29, 0.717) is 6.54 Å². The molecule has 2 aromatic rings. The number of aromatic nitrogens is 2. The molecule has 1 N–H and O–H groups in total. The van der Waals surface area contributed by atoms with Gasteiger partial charge in [0.25, 0.3) is 0 Å². The monoisotopic (exact) mass is 261 g/mol. The molecule has 0 unspecified atom stereocenters. The molecular formula is C10H7N5O2S. The Labute approximate surface area is 106 Å². The lowest BCUT2D eigenvalue weighted by Gasteiger charge is -2.04. The fourth-order valence-corrected chi connectivity index (χ4v) is 1.89. The van der Waals surface area contributed by atoms with Crippen LogP contribution in [0, 0.1) is 21.4 Å². The van der Waals surface area contributed by atoms with Gasteiger partial charge in [0.2, 0.25) is 5.82 Å². The van der Waals surface area contributed by atoms with Gasteiger partial charge in [-0.3, -0.25) is 15.1 Å². The molecule has 0 saturated carbocycles. The summed E-state index contributed by atoms with van der Waals surface area (Å²) in [6.45, 7) is 0.382. The second kappa shape index (κ2) is 5.20. The zero-order valence-electron chi connectivity index (χ0n) is 9.03. The molecule has 0 aliphatic carbocycles. The van der Waals surface area contributed by atoms with E-state index in [1.54, 1.807) is 17.8 Å². The molecule has 0 aliphatic heterocycles. The van der Waals surface area contributed by atoms with Crippen LogP contribution in [0.2, 0.25) is 0 Å². The summed E-state index contributed by atoms with van der Waals surface area (Å²) < 4.78 is 0. The van der Waals surface area contributed by atoms with E-state index < -0.39 is 4.92 Å². The van der Waals surface area contributed by atoms with Crippen molar-refractivity contribution in [2.45, 2.75) is 6.54 Å². The first-order valence-corrected chi connectivity index (χ1v) is 5.75.